The fourth-order valence-corrected chi connectivity index (χ4v) is 2.56. The summed E-state index contributed by atoms with van der Waals surface area (Å²) in [4.78, 5) is 0. The molecule has 0 aliphatic carbocycles. The summed E-state index contributed by atoms with van der Waals surface area (Å²) in [5.41, 5.74) is 5.13. The maximum absolute atomic E-state index is 9.54. The third-order valence-electron chi connectivity index (χ3n) is 3.87. The predicted octanol–water partition coefficient (Wildman–Crippen LogP) is 3.59. The van der Waals surface area contributed by atoms with Crippen molar-refractivity contribution in [3.63, 3.8) is 0 Å². The number of furan rings is 1. The summed E-state index contributed by atoms with van der Waals surface area (Å²) in [6.45, 7) is 8.51. The molecule has 0 amide bonds. The van der Waals surface area contributed by atoms with Gasteiger partial charge >= 0.3 is 0 Å². The van der Waals surface area contributed by atoms with Gasteiger partial charge in [-0.15, -0.1) is 0 Å². The summed E-state index contributed by atoms with van der Waals surface area (Å²) in [5.74, 6) is 0.765. The largest absolute Gasteiger partial charge is 0.468 e. The lowest BCUT2D eigenvalue weighted by Crippen LogP contribution is -2.27. The number of benzene rings is 1. The Morgan fingerprint density at radius 1 is 1.15 bits per heavy atom. The molecule has 2 unspecified atom stereocenters. The van der Waals surface area contributed by atoms with Crippen LogP contribution >= 0.6 is 0 Å². The second-order valence-corrected chi connectivity index (χ2v) is 5.43. The average Bonchev–Trinajstić information content (AvgIpc) is 2.93. The second-order valence-electron chi connectivity index (χ2n) is 5.43. The molecule has 3 heteroatoms. The van der Waals surface area contributed by atoms with Crippen molar-refractivity contribution >= 4 is 0 Å². The summed E-state index contributed by atoms with van der Waals surface area (Å²) in [7, 11) is 0. The van der Waals surface area contributed by atoms with Crippen LogP contribution in [-0.2, 0) is 0 Å². The lowest BCUT2D eigenvalue weighted by atomic mass is 9.96. The molecule has 20 heavy (non-hydrogen) atoms. The van der Waals surface area contributed by atoms with E-state index in [1.165, 1.54) is 22.3 Å². The normalized spacial score (nSPS) is 14.2. The van der Waals surface area contributed by atoms with E-state index in [1.807, 2.05) is 12.1 Å². The van der Waals surface area contributed by atoms with Crippen molar-refractivity contribution in [2.45, 2.75) is 39.8 Å². The highest BCUT2D eigenvalue weighted by atomic mass is 16.3. The highest BCUT2D eigenvalue weighted by molar-refractivity contribution is 5.38. The topological polar surface area (TPSA) is 45.4 Å². The smallest absolute Gasteiger partial charge is 0.123 e. The van der Waals surface area contributed by atoms with E-state index in [0.29, 0.717) is 0 Å². The van der Waals surface area contributed by atoms with Gasteiger partial charge in [0, 0.05) is 6.04 Å². The first kappa shape index (κ1) is 14.8. The van der Waals surface area contributed by atoms with Gasteiger partial charge in [-0.2, -0.15) is 0 Å². The van der Waals surface area contributed by atoms with Crippen LogP contribution in [0.3, 0.4) is 0 Å². The number of rotatable bonds is 5. The minimum Gasteiger partial charge on any atom is -0.468 e. The Labute approximate surface area is 120 Å². The molecule has 108 valence electrons. The molecule has 0 saturated heterocycles. The van der Waals surface area contributed by atoms with Crippen LogP contribution in [0.5, 0.6) is 0 Å². The van der Waals surface area contributed by atoms with Gasteiger partial charge in [-0.25, -0.2) is 0 Å². The number of aliphatic hydroxyl groups is 1. The molecule has 0 spiro atoms. The minimum absolute atomic E-state index is 0.0156. The molecule has 2 aromatic rings. The summed E-state index contributed by atoms with van der Waals surface area (Å²) in [5, 5.41) is 13.0. The predicted molar refractivity (Wildman–Crippen MR) is 80.7 cm³/mol. The Kier molecular flexibility index (Phi) is 4.63. The standard InChI is InChI=1S/C17H23NO2/c1-11-8-13(3)15(9-12(11)2)14(4)18-16(10-19)17-6-5-7-20-17/h5-9,14,16,18-19H,10H2,1-4H3. The Morgan fingerprint density at radius 2 is 1.85 bits per heavy atom. The van der Waals surface area contributed by atoms with Crippen LogP contribution in [0.15, 0.2) is 34.9 Å². The highest BCUT2D eigenvalue weighted by Crippen LogP contribution is 2.24. The van der Waals surface area contributed by atoms with Crippen LogP contribution in [0, 0.1) is 20.8 Å². The van der Waals surface area contributed by atoms with Crippen LogP contribution in [0.1, 0.15) is 47.0 Å². The van der Waals surface area contributed by atoms with Gasteiger partial charge < -0.3 is 9.52 Å². The number of nitrogens with one attached hydrogen (secondary N) is 1. The van der Waals surface area contributed by atoms with Crippen molar-refractivity contribution in [1.82, 2.24) is 5.32 Å². The van der Waals surface area contributed by atoms with E-state index in [2.05, 4.69) is 45.1 Å². The van der Waals surface area contributed by atoms with E-state index in [1.54, 1.807) is 6.26 Å². The number of aryl methyl sites for hydroxylation is 3. The maximum atomic E-state index is 9.54. The summed E-state index contributed by atoms with van der Waals surface area (Å²) < 4.78 is 5.37. The van der Waals surface area contributed by atoms with Gasteiger partial charge in [-0.05, 0) is 62.1 Å². The van der Waals surface area contributed by atoms with Gasteiger partial charge in [-0.3, -0.25) is 5.32 Å². The minimum atomic E-state index is -0.180. The first-order valence-electron chi connectivity index (χ1n) is 7.01. The van der Waals surface area contributed by atoms with E-state index < -0.39 is 0 Å². The zero-order valence-corrected chi connectivity index (χ0v) is 12.6. The van der Waals surface area contributed by atoms with Crippen LogP contribution in [0.4, 0.5) is 0 Å². The van der Waals surface area contributed by atoms with Gasteiger partial charge in [-0.1, -0.05) is 12.1 Å². The van der Waals surface area contributed by atoms with Crippen LogP contribution in [-0.4, -0.2) is 11.7 Å². The molecule has 0 aliphatic heterocycles. The average molecular weight is 273 g/mol. The van der Waals surface area contributed by atoms with E-state index >= 15 is 0 Å². The van der Waals surface area contributed by atoms with Crippen molar-refractivity contribution in [2.24, 2.45) is 0 Å². The fourth-order valence-electron chi connectivity index (χ4n) is 2.56. The third kappa shape index (κ3) is 3.11. The molecule has 2 atom stereocenters. The molecule has 2 rings (SSSR count). The molecule has 0 bridgehead atoms. The van der Waals surface area contributed by atoms with Gasteiger partial charge in [0.2, 0.25) is 0 Å². The Balaban J connectivity index is 2.19. The number of aliphatic hydroxyl groups excluding tert-OH is 1. The first-order valence-corrected chi connectivity index (χ1v) is 7.01. The zero-order chi connectivity index (χ0) is 14.7. The van der Waals surface area contributed by atoms with E-state index in [4.69, 9.17) is 4.42 Å². The summed E-state index contributed by atoms with van der Waals surface area (Å²) in [6, 6.07) is 8.12. The quantitative estimate of drug-likeness (QED) is 0.875. The Morgan fingerprint density at radius 3 is 2.45 bits per heavy atom. The van der Waals surface area contributed by atoms with Crippen molar-refractivity contribution in [2.75, 3.05) is 6.61 Å². The van der Waals surface area contributed by atoms with Crippen molar-refractivity contribution in [3.8, 4) is 0 Å². The van der Waals surface area contributed by atoms with Crippen molar-refractivity contribution in [1.29, 1.82) is 0 Å². The SMILES string of the molecule is Cc1cc(C)c(C(C)NC(CO)c2ccco2)cc1C. The Hall–Kier alpha value is -1.58. The zero-order valence-electron chi connectivity index (χ0n) is 12.6. The van der Waals surface area contributed by atoms with Crippen molar-refractivity contribution < 1.29 is 9.52 Å². The summed E-state index contributed by atoms with van der Waals surface area (Å²) >= 11 is 0. The maximum Gasteiger partial charge on any atom is 0.123 e. The van der Waals surface area contributed by atoms with E-state index in [0.717, 1.165) is 5.76 Å². The number of hydrogen-bond acceptors (Lipinski definition) is 3. The van der Waals surface area contributed by atoms with E-state index in [9.17, 15) is 5.11 Å². The van der Waals surface area contributed by atoms with Crippen LogP contribution in [0.2, 0.25) is 0 Å². The molecule has 0 aliphatic rings. The molecule has 1 heterocycles. The molecular formula is C17H23NO2. The van der Waals surface area contributed by atoms with Crippen LogP contribution < -0.4 is 5.32 Å². The Bertz CT molecular complexity index is 561. The monoisotopic (exact) mass is 273 g/mol. The molecule has 0 fully saturated rings. The second kappa shape index (κ2) is 6.25. The van der Waals surface area contributed by atoms with Gasteiger partial charge in [0.05, 0.1) is 18.9 Å². The molecular weight excluding hydrogens is 250 g/mol. The molecule has 0 radical (unpaired) electrons. The highest BCUT2D eigenvalue weighted by Gasteiger charge is 2.18. The van der Waals surface area contributed by atoms with Gasteiger partial charge in [0.15, 0.2) is 0 Å². The van der Waals surface area contributed by atoms with E-state index in [-0.39, 0.29) is 18.7 Å². The first-order chi connectivity index (χ1) is 9.52. The fraction of sp³-hybridized carbons (Fsp3) is 0.412. The number of hydrogen-bond donors (Lipinski definition) is 2. The molecule has 1 aromatic heterocycles. The molecule has 0 saturated carbocycles. The summed E-state index contributed by atoms with van der Waals surface area (Å²) in [6.07, 6.45) is 1.63. The van der Waals surface area contributed by atoms with Gasteiger partial charge in [0.1, 0.15) is 5.76 Å². The lowest BCUT2D eigenvalue weighted by molar-refractivity contribution is 0.217. The van der Waals surface area contributed by atoms with Crippen molar-refractivity contribution in [3.05, 3.63) is 58.5 Å². The molecule has 1 aromatic carbocycles. The van der Waals surface area contributed by atoms with Crippen LogP contribution in [0.25, 0.3) is 0 Å². The molecule has 3 nitrogen and oxygen atoms in total. The lowest BCUT2D eigenvalue weighted by Gasteiger charge is -2.23. The third-order valence-corrected chi connectivity index (χ3v) is 3.87. The van der Waals surface area contributed by atoms with Gasteiger partial charge in [0.25, 0.3) is 0 Å². The molecule has 2 N–H and O–H groups in total.